The number of hydrogen-bond donors (Lipinski definition) is 16. The fraction of sp³-hybridized carbons (Fsp3) is 0.776. The smallest absolute Gasteiger partial charge is 0.222 e. The molecule has 15 atom stereocenters. The Morgan fingerprint density at radius 2 is 0.741 bits per heavy atom. The topological polar surface area (TPSA) is 537 Å². The van der Waals surface area contributed by atoms with Crippen LogP contribution in [0.1, 0.15) is 58.4 Å². The normalized spacial score (nSPS) is 24.6. The molecule has 0 radical (unpaired) electrons. The fourth-order valence-corrected chi connectivity index (χ4v) is 11.1. The monoisotopic (exact) mass is 1590 g/mol. The van der Waals surface area contributed by atoms with Crippen LogP contribution in [0, 0.1) is 0 Å². The van der Waals surface area contributed by atoms with Crippen molar-refractivity contribution in [1.29, 1.82) is 0 Å². The number of nitrogens with zero attached hydrogens (tertiary/aromatic N) is 1. The third-order valence-corrected chi connectivity index (χ3v) is 16.6. The van der Waals surface area contributed by atoms with Gasteiger partial charge >= 0.3 is 0 Å². The van der Waals surface area contributed by atoms with Crippen molar-refractivity contribution in [2.75, 3.05) is 178 Å². The minimum absolute atomic E-state index is 0.0370. The maximum absolute atomic E-state index is 14.0. The Kier molecular flexibility index (Phi) is 48.3. The highest BCUT2D eigenvalue weighted by Crippen LogP contribution is 2.26. The quantitative estimate of drug-likeness (QED) is 0.0164. The maximum atomic E-state index is 14.0. The van der Waals surface area contributed by atoms with Crippen LogP contribution in [0.5, 0.6) is 0 Å². The summed E-state index contributed by atoms with van der Waals surface area (Å²) >= 11 is 10.4. The standard InChI is InChI=1S/C67H110N8O31S2/c1-42(79)72-55-61(89)58(86)48(35-76)104-64(55)101-31-28-95-25-22-92-19-13-68-51(82)10-16-98-38-67(75-54(85)9-8-47(108)34-45-4-6-46(7-5-45)71-41-107,39-99-17-11-52(83)69-14-20-93-23-26-96-29-32-102-65-56(73-43(2)80)62(90)59(87)49(36-77)105-65)40-100-18-12-53(84)70-15-21-94-24-27-97-30-33-103-66-57(74-44(3)81)63(91)60(88)50(37-78)106-66/h4-7,48-50,55-66,76-78,86-91H,8-40H2,1-3H3,(H,68,82)(H,69,83)(H,70,84)(H,72,79)(H,73,80)(H,74,81)(H,75,85)/t48?,49?,50?,55?,56?,57?,58-,59-,60-,61+,62+,63+,64+,65+,66+,67?/m0/s1. The molecule has 0 aromatic heterocycles. The number of carbonyl (C=O) groups is 7. The number of isothiocyanates is 1. The molecule has 0 bridgehead atoms. The third kappa shape index (κ3) is 37.6. The molecule has 4 rings (SSSR count). The second-order valence-corrected chi connectivity index (χ2v) is 25.7. The molecule has 3 fully saturated rings. The summed E-state index contributed by atoms with van der Waals surface area (Å²) in [4.78, 5) is 92.7. The first kappa shape index (κ1) is 94.8. The Hall–Kier alpha value is -5.56. The van der Waals surface area contributed by atoms with Crippen LogP contribution < -0.4 is 37.2 Å². The van der Waals surface area contributed by atoms with Gasteiger partial charge in [-0.3, -0.25) is 33.6 Å². The lowest BCUT2D eigenvalue weighted by Gasteiger charge is -2.42. The SMILES string of the molecule is CC(=O)NC1[C@H](OCCOCCOCCNC(=O)CCOCC(COCCC(=O)NCCOCCOCCO[C@@H]2OC(CO)[C@H](O)[C@H](O)C2NC(C)=O)(COCCC(=O)NCCOCCOCCO[C@@H]2OC(CO)[C@H](O)[C@H](O)C2NC(C)=O)NC(=O)CCC(=S)Cc2ccc(N=C=S)cc2)OC(CO)[C@H](O)[C@@H]1O. The van der Waals surface area contributed by atoms with E-state index in [1.807, 2.05) is 12.1 Å². The van der Waals surface area contributed by atoms with Crippen LogP contribution in [-0.4, -0.2) is 373 Å². The minimum Gasteiger partial charge on any atom is -0.394 e. The highest BCUT2D eigenvalue weighted by atomic mass is 32.1. The van der Waals surface area contributed by atoms with Crippen molar-refractivity contribution in [2.45, 2.75) is 157 Å². The molecule has 16 N–H and O–H groups in total. The molecule has 3 aliphatic rings. The summed E-state index contributed by atoms with van der Waals surface area (Å²) < 4.78 is 85.1. The van der Waals surface area contributed by atoms with E-state index >= 15 is 0 Å². The molecule has 3 aliphatic heterocycles. The van der Waals surface area contributed by atoms with Gasteiger partial charge in [-0.1, -0.05) is 24.4 Å². The number of ether oxygens (including phenoxy) is 15. The number of amides is 7. The summed E-state index contributed by atoms with van der Waals surface area (Å²) in [6, 6.07) is 3.87. The number of aliphatic imine (C=N–C) groups is 1. The summed E-state index contributed by atoms with van der Waals surface area (Å²) in [6.07, 6.45) is -15.6. The van der Waals surface area contributed by atoms with Gasteiger partial charge in [-0.05, 0) is 41.2 Å². The van der Waals surface area contributed by atoms with E-state index in [1.165, 1.54) is 20.8 Å². The summed E-state index contributed by atoms with van der Waals surface area (Å²) in [5, 5.41) is 112. The molecule has 3 saturated heterocycles. The number of aliphatic hydroxyl groups excluding tert-OH is 9. The summed E-state index contributed by atoms with van der Waals surface area (Å²) in [5.74, 6) is -3.15. The van der Waals surface area contributed by atoms with E-state index in [9.17, 15) is 79.5 Å². The predicted molar refractivity (Wildman–Crippen MR) is 382 cm³/mol. The molecule has 3 heterocycles. The van der Waals surface area contributed by atoms with Crippen molar-refractivity contribution in [3.8, 4) is 0 Å². The van der Waals surface area contributed by atoms with Crippen molar-refractivity contribution < 1.29 is 151 Å². The van der Waals surface area contributed by atoms with Gasteiger partial charge in [0.15, 0.2) is 18.9 Å². The first-order chi connectivity index (χ1) is 51.9. The van der Waals surface area contributed by atoms with Gasteiger partial charge in [0.1, 0.15) is 78.6 Å². The van der Waals surface area contributed by atoms with E-state index in [1.54, 1.807) is 12.1 Å². The van der Waals surface area contributed by atoms with Gasteiger partial charge in [-0.2, -0.15) is 4.99 Å². The van der Waals surface area contributed by atoms with Crippen molar-refractivity contribution >= 4 is 81.5 Å². The van der Waals surface area contributed by atoms with Crippen LogP contribution in [-0.2, 0) is 111 Å². The summed E-state index contributed by atoms with van der Waals surface area (Å²) in [5.41, 5.74) is 0.0185. The molecule has 1 aromatic carbocycles. The van der Waals surface area contributed by atoms with Crippen molar-refractivity contribution in [3.05, 3.63) is 29.8 Å². The Bertz CT molecular complexity index is 2610. The number of thiocarbonyl (C=S) groups is 2. The van der Waals surface area contributed by atoms with Gasteiger partial charge in [0.05, 0.1) is 169 Å². The third-order valence-electron chi connectivity index (χ3n) is 16.2. The second-order valence-electron chi connectivity index (χ2n) is 25.0. The second kappa shape index (κ2) is 55.0. The zero-order valence-electron chi connectivity index (χ0n) is 61.1. The lowest BCUT2D eigenvalue weighted by atomic mass is 9.97. The Morgan fingerprint density at radius 3 is 1.05 bits per heavy atom. The first-order valence-corrected chi connectivity index (χ1v) is 36.3. The number of aliphatic hydroxyl groups is 9. The Labute approximate surface area is 636 Å². The van der Waals surface area contributed by atoms with Crippen LogP contribution >= 0.6 is 24.4 Å². The Balaban J connectivity index is 1.28. The molecule has 41 heteroatoms. The number of carbonyl (C=O) groups excluding carboxylic acids is 7. The van der Waals surface area contributed by atoms with Gasteiger partial charge in [0.25, 0.3) is 0 Å². The fourth-order valence-electron chi connectivity index (χ4n) is 10.7. The lowest BCUT2D eigenvalue weighted by molar-refractivity contribution is -0.272. The highest BCUT2D eigenvalue weighted by Gasteiger charge is 2.48. The van der Waals surface area contributed by atoms with E-state index in [0.29, 0.717) is 17.0 Å². The molecule has 0 aliphatic carbocycles. The van der Waals surface area contributed by atoms with Gasteiger partial charge in [0.2, 0.25) is 41.4 Å². The van der Waals surface area contributed by atoms with E-state index in [0.717, 1.165) is 5.56 Å². The molecule has 616 valence electrons. The highest BCUT2D eigenvalue weighted by molar-refractivity contribution is 7.80. The molecule has 39 nitrogen and oxygen atoms in total. The average Bonchev–Trinajstić information content (AvgIpc) is 0.823. The van der Waals surface area contributed by atoms with E-state index in [-0.39, 0.29) is 190 Å². The average molecular weight is 1590 g/mol. The molecular weight excluding hydrogens is 1480 g/mol. The first-order valence-electron chi connectivity index (χ1n) is 35.5. The van der Waals surface area contributed by atoms with Gasteiger partial charge in [-0.25, -0.2) is 0 Å². The molecule has 1 aromatic rings. The number of benzene rings is 1. The maximum Gasteiger partial charge on any atom is 0.222 e. The zero-order chi connectivity index (χ0) is 79.1. The van der Waals surface area contributed by atoms with Crippen molar-refractivity contribution in [2.24, 2.45) is 4.99 Å². The van der Waals surface area contributed by atoms with Crippen molar-refractivity contribution in [3.63, 3.8) is 0 Å². The molecule has 6 unspecified atom stereocenters. The summed E-state index contributed by atoms with van der Waals surface area (Å²) in [6.45, 7) is 2.22. The zero-order valence-corrected chi connectivity index (χ0v) is 62.7. The molecule has 0 spiro atoms. The van der Waals surface area contributed by atoms with Gasteiger partial charge in [-0.15, -0.1) is 0 Å². The van der Waals surface area contributed by atoms with Crippen LogP contribution in [0.25, 0.3) is 0 Å². The molecule has 108 heavy (non-hydrogen) atoms. The van der Waals surface area contributed by atoms with Crippen LogP contribution in [0.2, 0.25) is 0 Å². The molecule has 0 saturated carbocycles. The number of nitrogens with one attached hydrogen (secondary N) is 7. The van der Waals surface area contributed by atoms with Gasteiger partial charge < -0.3 is 154 Å². The largest absolute Gasteiger partial charge is 0.394 e. The number of hydrogen-bond acceptors (Lipinski definition) is 34. The van der Waals surface area contributed by atoms with Gasteiger partial charge in [0, 0.05) is 72.5 Å². The van der Waals surface area contributed by atoms with E-state index in [4.69, 9.17) is 95.5 Å². The number of rotatable bonds is 58. The van der Waals surface area contributed by atoms with Crippen LogP contribution in [0.15, 0.2) is 29.3 Å². The van der Waals surface area contributed by atoms with E-state index in [2.05, 4.69) is 47.4 Å². The molecule has 7 amide bonds. The summed E-state index contributed by atoms with van der Waals surface area (Å²) in [7, 11) is 0. The predicted octanol–water partition coefficient (Wildman–Crippen LogP) is -6.48. The lowest BCUT2D eigenvalue weighted by Crippen LogP contribution is -2.64. The Morgan fingerprint density at radius 1 is 0.426 bits per heavy atom. The van der Waals surface area contributed by atoms with Crippen molar-refractivity contribution in [1.82, 2.24) is 37.2 Å². The van der Waals surface area contributed by atoms with Crippen LogP contribution in [0.3, 0.4) is 0 Å². The minimum atomic E-state index is -1.47. The molecular formula is C67H110N8O31S2. The van der Waals surface area contributed by atoms with E-state index < -0.39 is 159 Å². The van der Waals surface area contributed by atoms with Crippen LogP contribution in [0.4, 0.5) is 5.69 Å².